The molecule has 0 bridgehead atoms. The summed E-state index contributed by atoms with van der Waals surface area (Å²) in [6, 6.07) is 3.31. The highest BCUT2D eigenvalue weighted by Crippen LogP contribution is 2.24. The summed E-state index contributed by atoms with van der Waals surface area (Å²) < 4.78 is 7.41. The first kappa shape index (κ1) is 10.3. The van der Waals surface area contributed by atoms with E-state index in [1.807, 2.05) is 0 Å². The van der Waals surface area contributed by atoms with E-state index in [1.54, 1.807) is 0 Å². The predicted molar refractivity (Wildman–Crippen MR) is 61.4 cm³/mol. The minimum atomic E-state index is 0.558. The van der Waals surface area contributed by atoms with E-state index in [1.165, 1.54) is 19.4 Å². The summed E-state index contributed by atoms with van der Waals surface area (Å²) in [5.41, 5.74) is 1.11. The summed E-state index contributed by atoms with van der Waals surface area (Å²) in [6.45, 7) is 6.26. The third-order valence-electron chi connectivity index (χ3n) is 3.68. The summed E-state index contributed by atoms with van der Waals surface area (Å²) >= 11 is 0. The third-order valence-corrected chi connectivity index (χ3v) is 3.68. The third kappa shape index (κ3) is 1.87. The Labute approximate surface area is 96.2 Å². The van der Waals surface area contributed by atoms with Crippen molar-refractivity contribution in [1.29, 1.82) is 0 Å². The van der Waals surface area contributed by atoms with Crippen molar-refractivity contribution in [3.63, 3.8) is 0 Å². The van der Waals surface area contributed by atoms with E-state index in [0.29, 0.717) is 12.1 Å². The first-order chi connectivity index (χ1) is 7.83. The molecular formula is C12H19N3O. The average molecular weight is 221 g/mol. The van der Waals surface area contributed by atoms with Gasteiger partial charge in [0.25, 0.3) is 0 Å². The number of rotatable bonds is 2. The van der Waals surface area contributed by atoms with Crippen molar-refractivity contribution in [2.24, 2.45) is 0 Å². The number of piperidine rings is 1. The molecule has 0 saturated carbocycles. The van der Waals surface area contributed by atoms with Crippen LogP contribution in [-0.4, -0.2) is 47.0 Å². The fourth-order valence-electron chi connectivity index (χ4n) is 2.60. The molecule has 0 amide bonds. The number of ether oxygens (including phenoxy) is 1. The van der Waals surface area contributed by atoms with Gasteiger partial charge in [-0.25, -0.2) is 0 Å². The van der Waals surface area contributed by atoms with Crippen LogP contribution in [0.5, 0.6) is 0 Å². The molecule has 2 aliphatic rings. The van der Waals surface area contributed by atoms with Crippen LogP contribution in [0, 0.1) is 6.92 Å². The van der Waals surface area contributed by atoms with Crippen LogP contribution in [0.25, 0.3) is 0 Å². The van der Waals surface area contributed by atoms with E-state index in [2.05, 4.69) is 33.9 Å². The Hall–Kier alpha value is -0.870. The SMILES string of the molecule is Cc1ccn([C@H]2CCCN(C3COC3)C2)n1. The zero-order chi connectivity index (χ0) is 11.0. The zero-order valence-corrected chi connectivity index (χ0v) is 9.80. The van der Waals surface area contributed by atoms with Gasteiger partial charge in [0.1, 0.15) is 0 Å². The van der Waals surface area contributed by atoms with Crippen LogP contribution in [0.4, 0.5) is 0 Å². The molecule has 0 spiro atoms. The summed E-state index contributed by atoms with van der Waals surface area (Å²) in [7, 11) is 0. The fourth-order valence-corrected chi connectivity index (χ4v) is 2.60. The van der Waals surface area contributed by atoms with Gasteiger partial charge in [-0.2, -0.15) is 5.10 Å². The lowest BCUT2D eigenvalue weighted by Crippen LogP contribution is -2.52. The van der Waals surface area contributed by atoms with E-state index in [4.69, 9.17) is 4.74 Å². The van der Waals surface area contributed by atoms with E-state index in [0.717, 1.165) is 25.5 Å². The molecular weight excluding hydrogens is 202 g/mol. The fraction of sp³-hybridized carbons (Fsp3) is 0.750. The van der Waals surface area contributed by atoms with E-state index in [-0.39, 0.29) is 0 Å². The van der Waals surface area contributed by atoms with E-state index >= 15 is 0 Å². The molecule has 0 radical (unpaired) electrons. The van der Waals surface area contributed by atoms with Crippen LogP contribution in [0.15, 0.2) is 12.3 Å². The van der Waals surface area contributed by atoms with Crippen LogP contribution in [-0.2, 0) is 4.74 Å². The van der Waals surface area contributed by atoms with Crippen LogP contribution < -0.4 is 0 Å². The molecule has 3 heterocycles. The molecule has 0 N–H and O–H groups in total. The van der Waals surface area contributed by atoms with Crippen molar-refractivity contribution < 1.29 is 4.74 Å². The lowest BCUT2D eigenvalue weighted by molar-refractivity contribution is -0.0757. The molecule has 1 aromatic rings. The Kier molecular flexibility index (Phi) is 2.69. The number of likely N-dealkylation sites (tertiary alicyclic amines) is 1. The highest BCUT2D eigenvalue weighted by Gasteiger charge is 2.31. The standard InChI is InChI=1S/C12H19N3O/c1-10-4-6-15(13-10)11-3-2-5-14(7-11)12-8-16-9-12/h4,6,11-12H,2-3,5,7-9H2,1H3/t11-/m0/s1. The van der Waals surface area contributed by atoms with Crippen molar-refractivity contribution in [2.75, 3.05) is 26.3 Å². The maximum atomic E-state index is 5.27. The van der Waals surface area contributed by atoms with E-state index in [9.17, 15) is 0 Å². The van der Waals surface area contributed by atoms with Crippen LogP contribution in [0.1, 0.15) is 24.6 Å². The minimum Gasteiger partial charge on any atom is -0.378 e. The predicted octanol–water partition coefficient (Wildman–Crippen LogP) is 1.23. The van der Waals surface area contributed by atoms with Crippen molar-refractivity contribution in [2.45, 2.75) is 31.8 Å². The van der Waals surface area contributed by atoms with Crippen molar-refractivity contribution in [3.05, 3.63) is 18.0 Å². The summed E-state index contributed by atoms with van der Waals surface area (Å²) in [4.78, 5) is 2.56. The Morgan fingerprint density at radius 2 is 2.25 bits per heavy atom. The lowest BCUT2D eigenvalue weighted by Gasteiger charge is -2.42. The second kappa shape index (κ2) is 4.18. The van der Waals surface area contributed by atoms with Gasteiger partial charge < -0.3 is 4.74 Å². The van der Waals surface area contributed by atoms with Gasteiger partial charge in [0, 0.05) is 12.7 Å². The van der Waals surface area contributed by atoms with Gasteiger partial charge in [-0.15, -0.1) is 0 Å². The summed E-state index contributed by atoms with van der Waals surface area (Å²) in [6.07, 6.45) is 4.64. The van der Waals surface area contributed by atoms with Crippen LogP contribution in [0.3, 0.4) is 0 Å². The van der Waals surface area contributed by atoms with Gasteiger partial charge in [-0.1, -0.05) is 0 Å². The molecule has 2 aliphatic heterocycles. The molecule has 88 valence electrons. The Morgan fingerprint density at radius 1 is 1.38 bits per heavy atom. The first-order valence-corrected chi connectivity index (χ1v) is 6.16. The molecule has 16 heavy (non-hydrogen) atoms. The smallest absolute Gasteiger partial charge is 0.0646 e. The van der Waals surface area contributed by atoms with Crippen molar-refractivity contribution in [3.8, 4) is 0 Å². The van der Waals surface area contributed by atoms with Crippen LogP contribution >= 0.6 is 0 Å². The number of hydrogen-bond acceptors (Lipinski definition) is 3. The molecule has 0 aliphatic carbocycles. The van der Waals surface area contributed by atoms with Gasteiger partial charge in [0.2, 0.25) is 0 Å². The minimum absolute atomic E-state index is 0.558. The number of hydrogen-bond donors (Lipinski definition) is 0. The molecule has 3 rings (SSSR count). The molecule has 1 aromatic heterocycles. The quantitative estimate of drug-likeness (QED) is 0.752. The maximum Gasteiger partial charge on any atom is 0.0646 e. The number of aromatic nitrogens is 2. The highest BCUT2D eigenvalue weighted by molar-refractivity contribution is 4.97. The molecule has 2 fully saturated rings. The monoisotopic (exact) mass is 221 g/mol. The summed E-state index contributed by atoms with van der Waals surface area (Å²) in [5, 5.41) is 4.53. The molecule has 4 nitrogen and oxygen atoms in total. The van der Waals surface area contributed by atoms with Gasteiger partial charge in [-0.05, 0) is 32.4 Å². The largest absolute Gasteiger partial charge is 0.378 e. The Morgan fingerprint density at radius 3 is 2.88 bits per heavy atom. The second-order valence-corrected chi connectivity index (χ2v) is 4.92. The van der Waals surface area contributed by atoms with Gasteiger partial charge in [0.05, 0.1) is 31.0 Å². The Bertz CT molecular complexity index is 359. The highest BCUT2D eigenvalue weighted by atomic mass is 16.5. The molecule has 1 atom stereocenters. The van der Waals surface area contributed by atoms with Gasteiger partial charge in [-0.3, -0.25) is 9.58 Å². The molecule has 2 saturated heterocycles. The van der Waals surface area contributed by atoms with Crippen molar-refractivity contribution >= 4 is 0 Å². The van der Waals surface area contributed by atoms with Gasteiger partial charge in [0.15, 0.2) is 0 Å². The normalized spacial score (nSPS) is 27.9. The van der Waals surface area contributed by atoms with E-state index < -0.39 is 0 Å². The lowest BCUT2D eigenvalue weighted by atomic mass is 10.0. The van der Waals surface area contributed by atoms with Crippen molar-refractivity contribution in [1.82, 2.24) is 14.7 Å². The second-order valence-electron chi connectivity index (χ2n) is 4.92. The maximum absolute atomic E-state index is 5.27. The topological polar surface area (TPSA) is 30.3 Å². The number of nitrogens with zero attached hydrogens (tertiary/aromatic N) is 3. The molecule has 0 unspecified atom stereocenters. The number of aryl methyl sites for hydroxylation is 1. The first-order valence-electron chi connectivity index (χ1n) is 6.16. The van der Waals surface area contributed by atoms with Gasteiger partial charge >= 0.3 is 0 Å². The Balaban J connectivity index is 1.67. The average Bonchev–Trinajstić information content (AvgIpc) is 2.63. The van der Waals surface area contributed by atoms with Crippen LogP contribution in [0.2, 0.25) is 0 Å². The zero-order valence-electron chi connectivity index (χ0n) is 9.80. The molecule has 4 heteroatoms. The molecule has 0 aromatic carbocycles. The summed E-state index contributed by atoms with van der Waals surface area (Å²) in [5.74, 6) is 0.